The van der Waals surface area contributed by atoms with Crippen LogP contribution in [0.3, 0.4) is 0 Å². The van der Waals surface area contributed by atoms with Gasteiger partial charge in [0, 0.05) is 40.0 Å². The number of imidazole rings is 1. The summed E-state index contributed by atoms with van der Waals surface area (Å²) in [5.74, 6) is 0.897. The number of piperidine rings is 1. The third kappa shape index (κ3) is 4.18. The number of aromatic nitrogens is 2. The van der Waals surface area contributed by atoms with Crippen molar-refractivity contribution in [1.29, 1.82) is 0 Å². The number of hydrogen-bond acceptors (Lipinski definition) is 3. The molecule has 6 heteroatoms. The molecule has 1 fully saturated rings. The minimum Gasteiger partial charge on any atom is -0.361 e. The maximum absolute atomic E-state index is 11.9. The molecule has 0 bridgehead atoms. The lowest BCUT2D eigenvalue weighted by Crippen LogP contribution is -2.37. The highest BCUT2D eigenvalue weighted by molar-refractivity contribution is 6.76. The van der Waals surface area contributed by atoms with E-state index >= 15 is 0 Å². The zero-order valence-corrected chi connectivity index (χ0v) is 13.8. The number of carbonyl (C=O) groups excluding carboxylic acids is 1. The van der Waals surface area contributed by atoms with Gasteiger partial charge in [0.05, 0.1) is 0 Å². The number of ether oxygens (including phenoxy) is 1. The summed E-state index contributed by atoms with van der Waals surface area (Å²) in [6, 6.07) is 1.15. The second-order valence-electron chi connectivity index (χ2n) is 6.55. The molecular weight excluding hydrogens is 270 g/mol. The molecule has 1 aliphatic rings. The number of anilines is 1. The lowest BCUT2D eigenvalue weighted by molar-refractivity contribution is -0.119. The molecule has 0 aromatic carbocycles. The van der Waals surface area contributed by atoms with Gasteiger partial charge in [-0.15, -0.1) is 0 Å². The van der Waals surface area contributed by atoms with Crippen molar-refractivity contribution in [3.63, 3.8) is 0 Å². The van der Waals surface area contributed by atoms with Gasteiger partial charge >= 0.3 is 0 Å². The van der Waals surface area contributed by atoms with Crippen LogP contribution in [0.4, 0.5) is 5.95 Å². The second-order valence-corrected chi connectivity index (χ2v) is 12.2. The SMILES string of the molecule is C[Si](C)(C)CCOCn1ccnc1N1CCCCC1=O. The quantitative estimate of drug-likeness (QED) is 0.599. The van der Waals surface area contributed by atoms with E-state index in [1.54, 1.807) is 11.1 Å². The van der Waals surface area contributed by atoms with Crippen molar-refractivity contribution >= 4 is 19.9 Å². The third-order valence-electron chi connectivity index (χ3n) is 3.49. The monoisotopic (exact) mass is 295 g/mol. The highest BCUT2D eigenvalue weighted by atomic mass is 28.3. The largest absolute Gasteiger partial charge is 0.361 e. The summed E-state index contributed by atoms with van der Waals surface area (Å²) in [4.78, 5) is 18.0. The van der Waals surface area contributed by atoms with Crippen LogP contribution < -0.4 is 4.90 Å². The smallest absolute Gasteiger partial charge is 0.229 e. The molecular formula is C14H25N3O2Si. The van der Waals surface area contributed by atoms with E-state index in [1.807, 2.05) is 10.8 Å². The summed E-state index contributed by atoms with van der Waals surface area (Å²) in [5, 5.41) is 0. The fraction of sp³-hybridized carbons (Fsp3) is 0.714. The zero-order valence-electron chi connectivity index (χ0n) is 12.8. The molecule has 0 atom stereocenters. The summed E-state index contributed by atoms with van der Waals surface area (Å²) in [6.45, 7) is 9.04. The first kappa shape index (κ1) is 15.2. The Morgan fingerprint density at radius 2 is 2.15 bits per heavy atom. The van der Waals surface area contributed by atoms with Crippen molar-refractivity contribution in [1.82, 2.24) is 9.55 Å². The van der Waals surface area contributed by atoms with Crippen molar-refractivity contribution in [3.8, 4) is 0 Å². The van der Waals surface area contributed by atoms with Gasteiger partial charge < -0.3 is 4.74 Å². The van der Waals surface area contributed by atoms with E-state index in [0.29, 0.717) is 13.2 Å². The molecule has 1 aromatic heterocycles. The molecule has 2 heterocycles. The Hall–Kier alpha value is -1.14. The van der Waals surface area contributed by atoms with Crippen LogP contribution in [0.1, 0.15) is 19.3 Å². The van der Waals surface area contributed by atoms with Crippen molar-refractivity contribution in [2.45, 2.75) is 51.7 Å². The van der Waals surface area contributed by atoms with Crippen molar-refractivity contribution in [2.75, 3.05) is 18.1 Å². The topological polar surface area (TPSA) is 47.4 Å². The normalized spacial score (nSPS) is 16.8. The maximum atomic E-state index is 11.9. The van der Waals surface area contributed by atoms with E-state index in [2.05, 4.69) is 24.6 Å². The molecule has 1 aromatic rings. The molecule has 0 N–H and O–H groups in total. The number of rotatable bonds is 6. The van der Waals surface area contributed by atoms with Gasteiger partial charge in [-0.3, -0.25) is 14.3 Å². The first-order valence-corrected chi connectivity index (χ1v) is 11.1. The molecule has 20 heavy (non-hydrogen) atoms. The minimum absolute atomic E-state index is 0.172. The molecule has 0 radical (unpaired) electrons. The van der Waals surface area contributed by atoms with E-state index in [4.69, 9.17) is 4.74 Å². The highest BCUT2D eigenvalue weighted by Gasteiger charge is 2.23. The Kier molecular flexibility index (Phi) is 4.99. The van der Waals surface area contributed by atoms with Gasteiger partial charge in [0.2, 0.25) is 11.9 Å². The van der Waals surface area contributed by atoms with E-state index < -0.39 is 8.07 Å². The van der Waals surface area contributed by atoms with Gasteiger partial charge in [0.1, 0.15) is 6.73 Å². The average Bonchev–Trinajstić information content (AvgIpc) is 2.82. The van der Waals surface area contributed by atoms with Crippen LogP contribution in [0.15, 0.2) is 12.4 Å². The molecule has 5 nitrogen and oxygen atoms in total. The fourth-order valence-corrected chi connectivity index (χ4v) is 2.96. The molecule has 0 spiro atoms. The van der Waals surface area contributed by atoms with Crippen LogP contribution in [-0.2, 0) is 16.3 Å². The van der Waals surface area contributed by atoms with E-state index in [1.165, 1.54) is 0 Å². The van der Waals surface area contributed by atoms with Gasteiger partial charge in [0.15, 0.2) is 0 Å². The van der Waals surface area contributed by atoms with E-state index in [9.17, 15) is 4.79 Å². The Balaban J connectivity index is 1.90. The molecule has 0 aliphatic carbocycles. The first-order valence-electron chi connectivity index (χ1n) is 7.37. The van der Waals surface area contributed by atoms with Crippen molar-refractivity contribution < 1.29 is 9.53 Å². The lowest BCUT2D eigenvalue weighted by atomic mass is 10.1. The maximum Gasteiger partial charge on any atom is 0.229 e. The fourth-order valence-electron chi connectivity index (χ4n) is 2.21. The first-order chi connectivity index (χ1) is 9.47. The van der Waals surface area contributed by atoms with Gasteiger partial charge in [-0.2, -0.15) is 0 Å². The lowest BCUT2D eigenvalue weighted by Gasteiger charge is -2.26. The summed E-state index contributed by atoms with van der Waals surface area (Å²) in [6.07, 6.45) is 6.28. The standard InChI is InChI=1S/C14H25N3O2Si/c1-20(2,3)11-10-19-12-16-9-7-15-14(16)17-8-5-4-6-13(17)18/h7,9H,4-6,8,10-12H2,1-3H3. The number of carbonyl (C=O) groups is 1. The van der Waals surface area contributed by atoms with Crippen LogP contribution in [-0.4, -0.2) is 36.7 Å². The van der Waals surface area contributed by atoms with Crippen LogP contribution in [0.2, 0.25) is 25.7 Å². The Morgan fingerprint density at radius 1 is 1.35 bits per heavy atom. The highest BCUT2D eigenvalue weighted by Crippen LogP contribution is 2.19. The number of amides is 1. The number of nitrogens with zero attached hydrogens (tertiary/aromatic N) is 3. The van der Waals surface area contributed by atoms with Gasteiger partial charge in [0.25, 0.3) is 0 Å². The van der Waals surface area contributed by atoms with Crippen LogP contribution >= 0.6 is 0 Å². The van der Waals surface area contributed by atoms with Crippen molar-refractivity contribution in [2.24, 2.45) is 0 Å². The Morgan fingerprint density at radius 3 is 2.85 bits per heavy atom. The number of hydrogen-bond donors (Lipinski definition) is 0. The average molecular weight is 295 g/mol. The van der Waals surface area contributed by atoms with Gasteiger partial charge in [-0.25, -0.2) is 4.98 Å². The summed E-state index contributed by atoms with van der Waals surface area (Å²) < 4.78 is 7.66. The Bertz CT molecular complexity index is 454. The molecule has 2 rings (SSSR count). The van der Waals surface area contributed by atoms with E-state index in [-0.39, 0.29) is 5.91 Å². The summed E-state index contributed by atoms with van der Waals surface area (Å²) >= 11 is 0. The Labute approximate surface area is 121 Å². The molecule has 0 unspecified atom stereocenters. The third-order valence-corrected chi connectivity index (χ3v) is 5.19. The van der Waals surface area contributed by atoms with Crippen molar-refractivity contribution in [3.05, 3.63) is 12.4 Å². The predicted octanol–water partition coefficient (Wildman–Crippen LogP) is 2.71. The molecule has 112 valence electrons. The van der Waals surface area contributed by atoms with Gasteiger partial charge in [-0.05, 0) is 18.9 Å². The predicted molar refractivity (Wildman–Crippen MR) is 82.5 cm³/mol. The van der Waals surface area contributed by atoms with Crippen LogP contribution in [0, 0.1) is 0 Å². The molecule has 1 saturated heterocycles. The van der Waals surface area contributed by atoms with E-state index in [0.717, 1.165) is 38.0 Å². The second kappa shape index (κ2) is 6.54. The summed E-state index contributed by atoms with van der Waals surface area (Å²) in [7, 11) is -1.05. The zero-order chi connectivity index (χ0) is 14.6. The van der Waals surface area contributed by atoms with Crippen LogP contribution in [0.5, 0.6) is 0 Å². The van der Waals surface area contributed by atoms with Crippen LogP contribution in [0.25, 0.3) is 0 Å². The van der Waals surface area contributed by atoms with Gasteiger partial charge in [-0.1, -0.05) is 19.6 Å². The minimum atomic E-state index is -1.05. The molecule has 0 saturated carbocycles. The summed E-state index contributed by atoms with van der Waals surface area (Å²) in [5.41, 5.74) is 0. The molecule has 1 aliphatic heterocycles. The molecule has 1 amide bonds.